The second-order valence-electron chi connectivity index (χ2n) is 6.65. The van der Waals surface area contributed by atoms with Gasteiger partial charge in [0.2, 0.25) is 0 Å². The van der Waals surface area contributed by atoms with Crippen molar-refractivity contribution in [3.8, 4) is 0 Å². The van der Waals surface area contributed by atoms with Crippen LogP contribution in [0.2, 0.25) is 0 Å². The zero-order valence-corrected chi connectivity index (χ0v) is 11.2. The summed E-state index contributed by atoms with van der Waals surface area (Å²) in [5.74, 6) is -0.199. The topological polar surface area (TPSA) is 46.5 Å². The summed E-state index contributed by atoms with van der Waals surface area (Å²) >= 11 is 0. The van der Waals surface area contributed by atoms with Gasteiger partial charge in [0, 0.05) is 0 Å². The van der Waals surface area contributed by atoms with Crippen molar-refractivity contribution in [3.63, 3.8) is 0 Å². The molecule has 3 nitrogen and oxygen atoms in total. The van der Waals surface area contributed by atoms with Crippen LogP contribution < -0.4 is 0 Å². The van der Waals surface area contributed by atoms with E-state index in [4.69, 9.17) is 4.74 Å². The highest BCUT2D eigenvalue weighted by Crippen LogP contribution is 2.58. The zero-order chi connectivity index (χ0) is 12.7. The molecule has 3 heteroatoms. The van der Waals surface area contributed by atoms with E-state index < -0.39 is 11.0 Å². The summed E-state index contributed by atoms with van der Waals surface area (Å²) in [5.41, 5.74) is -1.34. The molecule has 0 aromatic rings. The predicted molar refractivity (Wildman–Crippen MR) is 65.5 cm³/mol. The molecule has 98 valence electrons. The Bertz CT molecular complexity index is 315. The summed E-state index contributed by atoms with van der Waals surface area (Å²) in [4.78, 5) is 12.2. The van der Waals surface area contributed by atoms with Crippen LogP contribution in [0.3, 0.4) is 0 Å². The van der Waals surface area contributed by atoms with Gasteiger partial charge in [0.15, 0.2) is 0 Å². The molecule has 2 aliphatic rings. The molecule has 2 saturated carbocycles. The summed E-state index contributed by atoms with van der Waals surface area (Å²) in [6, 6.07) is 0. The first-order chi connectivity index (χ1) is 7.85. The van der Waals surface area contributed by atoms with Crippen molar-refractivity contribution in [2.24, 2.45) is 10.8 Å². The third kappa shape index (κ3) is 1.88. The lowest BCUT2D eigenvalue weighted by Gasteiger charge is -2.41. The van der Waals surface area contributed by atoms with Crippen LogP contribution in [0.5, 0.6) is 0 Å². The number of ether oxygens (including phenoxy) is 1. The van der Waals surface area contributed by atoms with Crippen LogP contribution in [0.1, 0.15) is 58.8 Å². The molecule has 0 saturated heterocycles. The monoisotopic (exact) mass is 240 g/mol. The van der Waals surface area contributed by atoms with Crippen molar-refractivity contribution >= 4 is 5.97 Å². The molecule has 1 atom stereocenters. The number of hydrogen-bond donors (Lipinski definition) is 1. The first-order valence-corrected chi connectivity index (χ1v) is 6.66. The molecule has 0 bridgehead atoms. The summed E-state index contributed by atoms with van der Waals surface area (Å²) in [5, 5.41) is 11.0. The van der Waals surface area contributed by atoms with E-state index >= 15 is 0 Å². The van der Waals surface area contributed by atoms with Gasteiger partial charge in [-0.1, -0.05) is 26.7 Å². The highest BCUT2D eigenvalue weighted by Gasteiger charge is 2.61. The first kappa shape index (κ1) is 12.9. The fraction of sp³-hybridized carbons (Fsp3) is 0.929. The number of aliphatic hydroxyl groups is 1. The average molecular weight is 240 g/mol. The standard InChI is InChI=1S/C14H24O3/c1-12(2)8-9-14(16,10-12)13(11(15)17-3)6-4-5-7-13/h16H,4-10H2,1-3H3. The molecule has 0 spiro atoms. The van der Waals surface area contributed by atoms with Gasteiger partial charge in [0.1, 0.15) is 0 Å². The SMILES string of the molecule is COC(=O)C1(C2(O)CCC(C)(C)C2)CCCC1. The largest absolute Gasteiger partial charge is 0.469 e. The van der Waals surface area contributed by atoms with Crippen molar-refractivity contribution in [2.45, 2.75) is 64.4 Å². The lowest BCUT2D eigenvalue weighted by atomic mass is 9.68. The lowest BCUT2D eigenvalue weighted by Crippen LogP contribution is -2.51. The minimum Gasteiger partial charge on any atom is -0.469 e. The molecule has 0 heterocycles. The smallest absolute Gasteiger partial charge is 0.314 e. The van der Waals surface area contributed by atoms with Crippen LogP contribution in [0.15, 0.2) is 0 Å². The summed E-state index contributed by atoms with van der Waals surface area (Å²) in [6.07, 6.45) is 6.06. The summed E-state index contributed by atoms with van der Waals surface area (Å²) in [6.45, 7) is 4.34. The fourth-order valence-corrected chi connectivity index (χ4v) is 3.96. The van der Waals surface area contributed by atoms with E-state index in [1.807, 2.05) is 0 Å². The van der Waals surface area contributed by atoms with Gasteiger partial charge in [-0.25, -0.2) is 0 Å². The molecule has 0 aromatic heterocycles. The zero-order valence-electron chi connectivity index (χ0n) is 11.2. The Morgan fingerprint density at radius 1 is 1.12 bits per heavy atom. The molecule has 0 aliphatic heterocycles. The van der Waals surface area contributed by atoms with Crippen LogP contribution in [0, 0.1) is 10.8 Å². The Balaban J connectivity index is 2.31. The van der Waals surface area contributed by atoms with Crippen LogP contribution in [-0.4, -0.2) is 23.8 Å². The van der Waals surface area contributed by atoms with Crippen LogP contribution in [0.25, 0.3) is 0 Å². The lowest BCUT2D eigenvalue weighted by molar-refractivity contribution is -0.173. The highest BCUT2D eigenvalue weighted by atomic mass is 16.5. The Morgan fingerprint density at radius 3 is 2.12 bits per heavy atom. The van der Waals surface area contributed by atoms with Gasteiger partial charge in [0.05, 0.1) is 18.1 Å². The van der Waals surface area contributed by atoms with Gasteiger partial charge in [-0.15, -0.1) is 0 Å². The van der Waals surface area contributed by atoms with E-state index in [2.05, 4.69) is 13.8 Å². The van der Waals surface area contributed by atoms with Crippen LogP contribution in [0.4, 0.5) is 0 Å². The van der Waals surface area contributed by atoms with E-state index in [1.54, 1.807) is 0 Å². The second-order valence-corrected chi connectivity index (χ2v) is 6.65. The predicted octanol–water partition coefficient (Wildman–Crippen LogP) is 2.66. The van der Waals surface area contributed by atoms with Gasteiger partial charge in [-0.05, 0) is 37.5 Å². The highest BCUT2D eigenvalue weighted by molar-refractivity contribution is 5.79. The number of rotatable bonds is 2. The van der Waals surface area contributed by atoms with Crippen LogP contribution >= 0.6 is 0 Å². The normalized spacial score (nSPS) is 34.8. The molecule has 0 radical (unpaired) electrons. The molecule has 0 aromatic carbocycles. The third-order valence-electron chi connectivity index (χ3n) is 4.91. The number of carbonyl (C=O) groups excluding carboxylic acids is 1. The van der Waals surface area contributed by atoms with E-state index in [-0.39, 0.29) is 11.4 Å². The van der Waals surface area contributed by atoms with E-state index in [0.717, 1.165) is 44.9 Å². The van der Waals surface area contributed by atoms with Crippen molar-refractivity contribution in [1.29, 1.82) is 0 Å². The van der Waals surface area contributed by atoms with Crippen LogP contribution in [-0.2, 0) is 9.53 Å². The Kier molecular flexibility index (Phi) is 3.01. The fourth-order valence-electron chi connectivity index (χ4n) is 3.96. The third-order valence-corrected chi connectivity index (χ3v) is 4.91. The van der Waals surface area contributed by atoms with Gasteiger partial charge in [-0.2, -0.15) is 0 Å². The molecule has 2 fully saturated rings. The maximum atomic E-state index is 12.2. The number of esters is 1. The molecule has 1 unspecified atom stereocenters. The maximum Gasteiger partial charge on any atom is 0.314 e. The molecule has 17 heavy (non-hydrogen) atoms. The van der Waals surface area contributed by atoms with Gasteiger partial charge < -0.3 is 9.84 Å². The molecule has 0 amide bonds. The van der Waals surface area contributed by atoms with Crippen molar-refractivity contribution < 1.29 is 14.6 Å². The summed E-state index contributed by atoms with van der Waals surface area (Å²) < 4.78 is 4.98. The number of methoxy groups -OCH3 is 1. The second kappa shape index (κ2) is 3.98. The minimum atomic E-state index is -0.847. The molecule has 1 N–H and O–H groups in total. The molecule has 2 rings (SSSR count). The van der Waals surface area contributed by atoms with E-state index in [1.165, 1.54) is 7.11 Å². The van der Waals surface area contributed by atoms with Gasteiger partial charge in [-0.3, -0.25) is 4.79 Å². The Hall–Kier alpha value is -0.570. The molecular weight excluding hydrogens is 216 g/mol. The van der Waals surface area contributed by atoms with E-state index in [0.29, 0.717) is 0 Å². The first-order valence-electron chi connectivity index (χ1n) is 6.66. The molecular formula is C14H24O3. The number of carbonyl (C=O) groups is 1. The minimum absolute atomic E-state index is 0.137. The Labute approximate surface area is 104 Å². The van der Waals surface area contributed by atoms with Gasteiger partial charge >= 0.3 is 5.97 Å². The summed E-state index contributed by atoms with van der Waals surface area (Å²) in [7, 11) is 1.44. The van der Waals surface area contributed by atoms with Crippen molar-refractivity contribution in [2.75, 3.05) is 7.11 Å². The quantitative estimate of drug-likeness (QED) is 0.755. The molecule has 2 aliphatic carbocycles. The van der Waals surface area contributed by atoms with Crippen molar-refractivity contribution in [3.05, 3.63) is 0 Å². The van der Waals surface area contributed by atoms with E-state index in [9.17, 15) is 9.90 Å². The van der Waals surface area contributed by atoms with Gasteiger partial charge in [0.25, 0.3) is 0 Å². The average Bonchev–Trinajstić information content (AvgIpc) is 2.84. The number of hydrogen-bond acceptors (Lipinski definition) is 3. The maximum absolute atomic E-state index is 12.2. The van der Waals surface area contributed by atoms with Crippen molar-refractivity contribution in [1.82, 2.24) is 0 Å². The Morgan fingerprint density at radius 2 is 1.71 bits per heavy atom.